The molecule has 0 unspecified atom stereocenters. The Hall–Kier alpha value is -3.76. The molecule has 0 N–H and O–H groups in total. The predicted octanol–water partition coefficient (Wildman–Crippen LogP) is 7.61. The molecule has 0 saturated carbocycles. The Bertz CT molecular complexity index is 1520. The van der Waals surface area contributed by atoms with Gasteiger partial charge < -0.3 is 4.90 Å². The smallest absolute Gasteiger partial charge is 0.240 e. The molecule has 0 spiro atoms. The van der Waals surface area contributed by atoms with Crippen molar-refractivity contribution in [3.05, 3.63) is 141 Å². The van der Waals surface area contributed by atoms with Crippen LogP contribution in [0.2, 0.25) is 0 Å². The van der Waals surface area contributed by atoms with Gasteiger partial charge in [0.05, 0.1) is 12.1 Å². The normalized spacial score (nSPS) is 17.3. The Labute approximate surface area is 244 Å². The summed E-state index contributed by atoms with van der Waals surface area (Å²) in [6, 6.07) is 30.2. The van der Waals surface area contributed by atoms with Gasteiger partial charge in [0.1, 0.15) is 5.82 Å². The Morgan fingerprint density at radius 1 is 0.878 bits per heavy atom. The van der Waals surface area contributed by atoms with Crippen molar-refractivity contribution in [2.24, 2.45) is 0 Å². The Morgan fingerprint density at radius 2 is 1.51 bits per heavy atom. The summed E-state index contributed by atoms with van der Waals surface area (Å²) < 4.78 is 14.9. The molecule has 1 amide bonds. The number of amides is 1. The number of rotatable bonds is 6. The highest BCUT2D eigenvalue weighted by atomic mass is 19.1. The van der Waals surface area contributed by atoms with E-state index >= 15 is 0 Å². The fourth-order valence-corrected chi connectivity index (χ4v) is 6.74. The summed E-state index contributed by atoms with van der Waals surface area (Å²) in [4.78, 5) is 18.9. The molecule has 41 heavy (non-hydrogen) atoms. The van der Waals surface area contributed by atoms with Crippen LogP contribution in [0.25, 0.3) is 0 Å². The number of carbonyl (C=O) groups is 1. The summed E-state index contributed by atoms with van der Waals surface area (Å²) >= 11 is 0. The second-order valence-electron chi connectivity index (χ2n) is 11.5. The van der Waals surface area contributed by atoms with Gasteiger partial charge in [0.15, 0.2) is 0 Å². The van der Waals surface area contributed by atoms with Gasteiger partial charge in [-0.15, -0.1) is 0 Å². The summed E-state index contributed by atoms with van der Waals surface area (Å²) in [6.45, 7) is 7.40. The summed E-state index contributed by atoms with van der Waals surface area (Å²) in [7, 11) is 0. The van der Waals surface area contributed by atoms with Gasteiger partial charge in [-0.25, -0.2) is 4.39 Å². The average molecular weight is 549 g/mol. The molecule has 212 valence electrons. The van der Waals surface area contributed by atoms with Crippen LogP contribution in [0.15, 0.2) is 91.0 Å². The fraction of sp³-hybridized carbons (Fsp3) is 0.324. The third-order valence-corrected chi connectivity index (χ3v) is 8.96. The number of hydrogen-bond donors (Lipinski definition) is 0. The fourth-order valence-electron chi connectivity index (χ4n) is 6.74. The van der Waals surface area contributed by atoms with E-state index < -0.39 is 0 Å². The minimum Gasteiger partial charge on any atom is -0.333 e. The van der Waals surface area contributed by atoms with Crippen molar-refractivity contribution in [3.8, 4) is 0 Å². The van der Waals surface area contributed by atoms with E-state index in [1.54, 1.807) is 12.1 Å². The molecule has 6 rings (SSSR count). The summed E-state index contributed by atoms with van der Waals surface area (Å²) in [6.07, 6.45) is 2.50. The molecule has 4 aromatic carbocycles. The van der Waals surface area contributed by atoms with Gasteiger partial charge in [0.25, 0.3) is 0 Å². The van der Waals surface area contributed by atoms with Crippen molar-refractivity contribution in [3.63, 3.8) is 0 Å². The van der Waals surface area contributed by atoms with E-state index in [0.29, 0.717) is 5.56 Å². The van der Waals surface area contributed by atoms with Gasteiger partial charge in [-0.2, -0.15) is 0 Å². The third kappa shape index (κ3) is 5.58. The molecule has 1 heterocycles. The lowest BCUT2D eigenvalue weighted by Crippen LogP contribution is -2.53. The average Bonchev–Trinajstić information content (AvgIpc) is 3.41. The van der Waals surface area contributed by atoms with Gasteiger partial charge in [-0.05, 0) is 79.5 Å². The molecule has 2 atom stereocenters. The Kier molecular flexibility index (Phi) is 8.42. The lowest BCUT2D eigenvalue weighted by atomic mass is 9.85. The molecular weight excluding hydrogens is 507 g/mol. The van der Waals surface area contributed by atoms with Crippen molar-refractivity contribution >= 4 is 5.91 Å². The summed E-state index contributed by atoms with van der Waals surface area (Å²) in [5.41, 5.74) is 9.45. The Morgan fingerprint density at radius 3 is 2.22 bits per heavy atom. The maximum atomic E-state index is 14.9. The monoisotopic (exact) mass is 548 g/mol. The van der Waals surface area contributed by atoms with Crippen molar-refractivity contribution in [1.82, 2.24) is 9.80 Å². The van der Waals surface area contributed by atoms with Gasteiger partial charge in [0, 0.05) is 24.7 Å². The van der Waals surface area contributed by atoms with E-state index in [4.69, 9.17) is 0 Å². The zero-order valence-electron chi connectivity index (χ0n) is 23.6. The van der Waals surface area contributed by atoms with Gasteiger partial charge in [-0.3, -0.25) is 9.69 Å². The number of halogens is 1. The predicted molar refractivity (Wildman–Crippen MR) is 165 cm³/mol. The highest BCUT2D eigenvalue weighted by Gasteiger charge is 2.39. The molecule has 3 nitrogen and oxygen atoms in total. The maximum absolute atomic E-state index is 14.9. The zero-order chi connectivity index (χ0) is 27.8. The van der Waals surface area contributed by atoms with E-state index in [1.165, 1.54) is 45.0 Å². The first-order valence-corrected chi connectivity index (χ1v) is 14.4. The van der Waals surface area contributed by atoms with Crippen LogP contribution in [0, 0.1) is 19.7 Å². The van der Waals surface area contributed by atoms with E-state index in [2.05, 4.69) is 85.5 Å². The van der Waals surface area contributed by atoms with E-state index in [9.17, 15) is 9.18 Å². The van der Waals surface area contributed by atoms with Crippen LogP contribution < -0.4 is 0 Å². The first kappa shape index (κ1) is 28.8. The first-order valence-electron chi connectivity index (χ1n) is 14.4. The van der Waals surface area contributed by atoms with Crippen LogP contribution in [-0.4, -0.2) is 34.3 Å². The Balaban J connectivity index is 0.00000337. The van der Waals surface area contributed by atoms with Crippen LogP contribution in [0.1, 0.15) is 64.9 Å². The van der Waals surface area contributed by atoms with Crippen molar-refractivity contribution in [1.29, 1.82) is 0 Å². The SMILES string of the molecule is C.Cc1ccc(C)c([C@H]2c3ccccc3CCN2[C@@H](C)C(=O)N(Cc2ccccc2F)C2Cc3ccccc3C2)c1. The summed E-state index contributed by atoms with van der Waals surface area (Å²) in [5, 5.41) is 0. The number of benzene rings is 4. The maximum Gasteiger partial charge on any atom is 0.240 e. The topological polar surface area (TPSA) is 23.6 Å². The summed E-state index contributed by atoms with van der Waals surface area (Å²) in [5.74, 6) is -0.195. The highest BCUT2D eigenvalue weighted by molar-refractivity contribution is 5.82. The molecule has 0 bridgehead atoms. The number of aryl methyl sites for hydroxylation is 2. The van der Waals surface area contributed by atoms with Gasteiger partial charge >= 0.3 is 0 Å². The standard InChI is InChI=1S/C36H37FN2O.CH4/c1-24-16-17-25(2)33(20-24)35-32-14-8-6-10-27(32)18-19-38(35)26(3)36(40)39(23-30-13-7-9-15-34(30)37)31-21-28-11-4-5-12-29(28)22-31;/h4-17,20,26,31,35H,18-19,21-23H2,1-3H3;1H4/t26-,35+;/m0./s1. The number of hydrogen-bond acceptors (Lipinski definition) is 2. The molecule has 0 fully saturated rings. The number of carbonyl (C=O) groups excluding carboxylic acids is 1. The second-order valence-corrected chi connectivity index (χ2v) is 11.5. The molecule has 0 aromatic heterocycles. The molecule has 2 aliphatic rings. The lowest BCUT2D eigenvalue weighted by molar-refractivity contribution is -0.140. The molecule has 4 heteroatoms. The van der Waals surface area contributed by atoms with Crippen molar-refractivity contribution in [2.45, 2.75) is 72.1 Å². The third-order valence-electron chi connectivity index (χ3n) is 8.96. The van der Waals surface area contributed by atoms with Gasteiger partial charge in [-0.1, -0.05) is 97.9 Å². The van der Waals surface area contributed by atoms with Crippen LogP contribution in [0.5, 0.6) is 0 Å². The van der Waals surface area contributed by atoms with Crippen LogP contribution in [0.4, 0.5) is 4.39 Å². The van der Waals surface area contributed by atoms with Gasteiger partial charge in [0.2, 0.25) is 5.91 Å². The van der Waals surface area contributed by atoms with Crippen molar-refractivity contribution in [2.75, 3.05) is 6.54 Å². The molecule has 1 aliphatic heterocycles. The molecule has 1 aliphatic carbocycles. The van der Waals surface area contributed by atoms with E-state index in [1.807, 2.05) is 17.9 Å². The van der Waals surface area contributed by atoms with Crippen molar-refractivity contribution < 1.29 is 9.18 Å². The molecule has 0 saturated heterocycles. The van der Waals surface area contributed by atoms with Crippen LogP contribution in [0.3, 0.4) is 0 Å². The second kappa shape index (κ2) is 12.0. The van der Waals surface area contributed by atoms with E-state index in [-0.39, 0.29) is 43.8 Å². The molecular formula is C37H41FN2O. The van der Waals surface area contributed by atoms with E-state index in [0.717, 1.165) is 25.8 Å². The minimum atomic E-state index is -0.367. The van der Waals surface area contributed by atoms with Crippen LogP contribution in [-0.2, 0) is 30.6 Å². The lowest BCUT2D eigenvalue weighted by Gasteiger charge is -2.43. The first-order chi connectivity index (χ1) is 19.4. The van der Waals surface area contributed by atoms with Crippen LogP contribution >= 0.6 is 0 Å². The number of fused-ring (bicyclic) bond motifs is 2. The zero-order valence-corrected chi connectivity index (χ0v) is 23.6. The number of nitrogens with zero attached hydrogens (tertiary/aromatic N) is 2. The largest absolute Gasteiger partial charge is 0.333 e. The highest BCUT2D eigenvalue weighted by Crippen LogP contribution is 2.39. The minimum absolute atomic E-state index is 0. The molecule has 0 radical (unpaired) electrons. The quantitative estimate of drug-likeness (QED) is 0.248. The molecule has 4 aromatic rings.